The second-order valence-corrected chi connectivity index (χ2v) is 6.89. The van der Waals surface area contributed by atoms with E-state index in [0.29, 0.717) is 10.3 Å². The van der Waals surface area contributed by atoms with E-state index in [9.17, 15) is 4.79 Å². The lowest BCUT2D eigenvalue weighted by molar-refractivity contribution is 0.100. The van der Waals surface area contributed by atoms with Crippen molar-refractivity contribution in [2.75, 3.05) is 12.8 Å². The molecule has 1 aliphatic rings. The molecule has 0 spiro atoms. The fourth-order valence-corrected chi connectivity index (χ4v) is 3.81. The first-order chi connectivity index (χ1) is 9.65. The predicted molar refractivity (Wildman–Crippen MR) is 86.0 cm³/mol. The molecule has 110 valence electrons. The number of nitrogens with two attached hydrogens (primary N) is 1. The number of primary amides is 1. The Bertz CT molecular complexity index is 438. The molecule has 0 radical (unpaired) electrons. The number of amides is 1. The van der Waals surface area contributed by atoms with Crippen molar-refractivity contribution < 1.29 is 4.79 Å². The summed E-state index contributed by atoms with van der Waals surface area (Å²) in [6.45, 7) is 1.91. The molecule has 0 aromatic heterocycles. The first kappa shape index (κ1) is 15.4. The van der Waals surface area contributed by atoms with Crippen molar-refractivity contribution in [3.63, 3.8) is 0 Å². The molecular formula is C16H24N2OS. The minimum atomic E-state index is -0.368. The van der Waals surface area contributed by atoms with Crippen LogP contribution in [-0.2, 0) is 6.54 Å². The van der Waals surface area contributed by atoms with E-state index in [1.807, 2.05) is 23.9 Å². The van der Waals surface area contributed by atoms with Crippen molar-refractivity contribution in [1.82, 2.24) is 5.32 Å². The highest BCUT2D eigenvalue weighted by Crippen LogP contribution is 2.37. The van der Waals surface area contributed by atoms with Gasteiger partial charge in [0, 0.05) is 23.4 Å². The van der Waals surface area contributed by atoms with Crippen LogP contribution in [-0.4, -0.2) is 23.5 Å². The van der Waals surface area contributed by atoms with Crippen LogP contribution in [0.5, 0.6) is 0 Å². The molecule has 3 N–H and O–H groups in total. The lowest BCUT2D eigenvalue weighted by Crippen LogP contribution is -2.39. The molecule has 1 saturated carbocycles. The Kier molecular flexibility index (Phi) is 5.49. The van der Waals surface area contributed by atoms with Crippen LogP contribution in [0.15, 0.2) is 24.3 Å². The average molecular weight is 292 g/mol. The fourth-order valence-electron chi connectivity index (χ4n) is 2.87. The number of benzene rings is 1. The standard InChI is InChI=1S/C16H24N2OS/c1-20-16(9-3-2-4-10-16)12-18-11-13-5-7-14(8-6-13)15(17)19/h5-8,18H,2-4,9-12H2,1H3,(H2,17,19). The molecule has 1 fully saturated rings. The Hall–Kier alpha value is -1.00. The molecule has 1 aromatic rings. The first-order valence-corrected chi connectivity index (χ1v) is 8.52. The third-order valence-corrected chi connectivity index (χ3v) is 5.63. The van der Waals surface area contributed by atoms with Gasteiger partial charge in [0.2, 0.25) is 5.91 Å². The monoisotopic (exact) mass is 292 g/mol. The highest BCUT2D eigenvalue weighted by Gasteiger charge is 2.30. The van der Waals surface area contributed by atoms with E-state index in [1.54, 1.807) is 12.1 Å². The van der Waals surface area contributed by atoms with Crippen LogP contribution in [0.2, 0.25) is 0 Å². The van der Waals surface area contributed by atoms with Gasteiger partial charge in [-0.3, -0.25) is 4.79 Å². The largest absolute Gasteiger partial charge is 0.366 e. The third-order valence-electron chi connectivity index (χ3n) is 4.21. The highest BCUT2D eigenvalue weighted by molar-refractivity contribution is 8.00. The molecule has 20 heavy (non-hydrogen) atoms. The van der Waals surface area contributed by atoms with E-state index in [-0.39, 0.29) is 5.91 Å². The summed E-state index contributed by atoms with van der Waals surface area (Å²) >= 11 is 2.01. The van der Waals surface area contributed by atoms with Crippen molar-refractivity contribution in [2.45, 2.75) is 43.4 Å². The number of hydrogen-bond acceptors (Lipinski definition) is 3. The van der Waals surface area contributed by atoms with E-state index >= 15 is 0 Å². The van der Waals surface area contributed by atoms with Gasteiger partial charge in [0.1, 0.15) is 0 Å². The summed E-state index contributed by atoms with van der Waals surface area (Å²) in [7, 11) is 0. The summed E-state index contributed by atoms with van der Waals surface area (Å²) in [5.41, 5.74) is 7.01. The lowest BCUT2D eigenvalue weighted by atomic mass is 9.88. The normalized spacial score (nSPS) is 17.9. The zero-order chi connectivity index (χ0) is 14.4. The lowest BCUT2D eigenvalue weighted by Gasteiger charge is -2.36. The maximum atomic E-state index is 11.0. The van der Waals surface area contributed by atoms with Crippen LogP contribution in [0.1, 0.15) is 48.0 Å². The Labute approximate surface area is 125 Å². The zero-order valence-corrected chi connectivity index (χ0v) is 13.0. The molecule has 0 bridgehead atoms. The highest BCUT2D eigenvalue weighted by atomic mass is 32.2. The molecule has 0 saturated heterocycles. The number of thioether (sulfide) groups is 1. The van der Waals surface area contributed by atoms with Gasteiger partial charge in [-0.05, 0) is 36.8 Å². The molecule has 0 unspecified atom stereocenters. The molecular weight excluding hydrogens is 268 g/mol. The van der Waals surface area contributed by atoms with Crippen LogP contribution in [0.4, 0.5) is 0 Å². The topological polar surface area (TPSA) is 55.1 Å². The smallest absolute Gasteiger partial charge is 0.248 e. The van der Waals surface area contributed by atoms with E-state index < -0.39 is 0 Å². The maximum absolute atomic E-state index is 11.0. The summed E-state index contributed by atoms with van der Waals surface area (Å²) in [5.74, 6) is -0.368. The summed E-state index contributed by atoms with van der Waals surface area (Å²) in [4.78, 5) is 11.0. The molecule has 0 atom stereocenters. The van der Waals surface area contributed by atoms with Crippen molar-refractivity contribution in [3.05, 3.63) is 35.4 Å². The molecule has 1 amide bonds. The summed E-state index contributed by atoms with van der Waals surface area (Å²) in [5, 5.41) is 3.57. The first-order valence-electron chi connectivity index (χ1n) is 7.30. The van der Waals surface area contributed by atoms with Gasteiger partial charge in [0.25, 0.3) is 0 Å². The van der Waals surface area contributed by atoms with Crippen molar-refractivity contribution in [1.29, 1.82) is 0 Å². The van der Waals surface area contributed by atoms with Crippen LogP contribution in [0, 0.1) is 0 Å². The Morgan fingerprint density at radius 1 is 1.25 bits per heavy atom. The molecule has 1 aliphatic carbocycles. The quantitative estimate of drug-likeness (QED) is 0.847. The van der Waals surface area contributed by atoms with Crippen LogP contribution < -0.4 is 11.1 Å². The van der Waals surface area contributed by atoms with E-state index in [4.69, 9.17) is 5.73 Å². The number of nitrogens with one attached hydrogen (secondary N) is 1. The van der Waals surface area contributed by atoms with Gasteiger partial charge in [0.05, 0.1) is 0 Å². The molecule has 4 heteroatoms. The van der Waals surface area contributed by atoms with E-state index in [1.165, 1.54) is 37.7 Å². The van der Waals surface area contributed by atoms with Gasteiger partial charge >= 0.3 is 0 Å². The van der Waals surface area contributed by atoms with Gasteiger partial charge in [-0.2, -0.15) is 11.8 Å². The van der Waals surface area contributed by atoms with Crippen molar-refractivity contribution in [3.8, 4) is 0 Å². The second kappa shape index (κ2) is 7.14. The molecule has 2 rings (SSSR count). The van der Waals surface area contributed by atoms with Gasteiger partial charge < -0.3 is 11.1 Å². The summed E-state index contributed by atoms with van der Waals surface area (Å²) in [6.07, 6.45) is 8.97. The number of hydrogen-bond donors (Lipinski definition) is 2. The second-order valence-electron chi connectivity index (χ2n) is 5.61. The van der Waals surface area contributed by atoms with Crippen LogP contribution in [0.3, 0.4) is 0 Å². The molecule has 3 nitrogen and oxygen atoms in total. The van der Waals surface area contributed by atoms with Gasteiger partial charge in [-0.25, -0.2) is 0 Å². The maximum Gasteiger partial charge on any atom is 0.248 e. The number of carbonyl (C=O) groups is 1. The number of carbonyl (C=O) groups excluding carboxylic acids is 1. The van der Waals surface area contributed by atoms with Crippen molar-refractivity contribution >= 4 is 17.7 Å². The minimum Gasteiger partial charge on any atom is -0.366 e. The van der Waals surface area contributed by atoms with Gasteiger partial charge in [0.15, 0.2) is 0 Å². The van der Waals surface area contributed by atoms with E-state index in [2.05, 4.69) is 11.6 Å². The third kappa shape index (κ3) is 4.00. The summed E-state index contributed by atoms with van der Waals surface area (Å²) < 4.78 is 0.422. The number of rotatable bonds is 6. The molecule has 0 aliphatic heterocycles. The van der Waals surface area contributed by atoms with Crippen molar-refractivity contribution in [2.24, 2.45) is 5.73 Å². The average Bonchev–Trinajstić information content (AvgIpc) is 2.49. The van der Waals surface area contributed by atoms with Gasteiger partial charge in [-0.15, -0.1) is 0 Å². The SMILES string of the molecule is CSC1(CNCc2ccc(C(N)=O)cc2)CCCCC1. The Morgan fingerprint density at radius 2 is 1.90 bits per heavy atom. The van der Waals surface area contributed by atoms with Crippen LogP contribution >= 0.6 is 11.8 Å². The van der Waals surface area contributed by atoms with E-state index in [0.717, 1.165) is 13.1 Å². The Morgan fingerprint density at radius 3 is 2.45 bits per heavy atom. The van der Waals surface area contributed by atoms with Gasteiger partial charge in [-0.1, -0.05) is 31.4 Å². The fraction of sp³-hybridized carbons (Fsp3) is 0.562. The predicted octanol–water partition coefficient (Wildman–Crippen LogP) is 2.94. The molecule has 0 heterocycles. The minimum absolute atomic E-state index is 0.368. The van der Waals surface area contributed by atoms with Crippen LogP contribution in [0.25, 0.3) is 0 Å². The molecule has 1 aromatic carbocycles. The summed E-state index contributed by atoms with van der Waals surface area (Å²) in [6, 6.07) is 7.54. The zero-order valence-electron chi connectivity index (χ0n) is 12.2. The Balaban J connectivity index is 1.84.